The summed E-state index contributed by atoms with van der Waals surface area (Å²) in [7, 11) is 0. The second kappa shape index (κ2) is 5.80. The summed E-state index contributed by atoms with van der Waals surface area (Å²) >= 11 is 5.85. The lowest BCUT2D eigenvalue weighted by Crippen LogP contribution is -2.07. The predicted octanol–water partition coefficient (Wildman–Crippen LogP) is 4.00. The topological polar surface area (TPSA) is 92.5 Å². The van der Waals surface area contributed by atoms with Crippen LogP contribution < -0.4 is 5.32 Å². The number of nitro groups is 1. The number of nitrogens with zero attached hydrogens (tertiary/aromatic N) is 1. The van der Waals surface area contributed by atoms with Gasteiger partial charge in [-0.05, 0) is 25.1 Å². The minimum Gasteiger partial charge on any atom is -0.478 e. The molecular formula is C14H11ClN2O4. The zero-order chi connectivity index (χ0) is 15.6. The largest absolute Gasteiger partial charge is 0.478 e. The summed E-state index contributed by atoms with van der Waals surface area (Å²) in [5.74, 6) is -1.33. The van der Waals surface area contributed by atoms with Gasteiger partial charge in [-0.2, -0.15) is 0 Å². The molecule has 7 heteroatoms. The molecule has 6 nitrogen and oxygen atoms in total. The van der Waals surface area contributed by atoms with E-state index in [1.165, 1.54) is 12.1 Å². The van der Waals surface area contributed by atoms with E-state index in [9.17, 15) is 20.0 Å². The number of hydrogen-bond donors (Lipinski definition) is 2. The molecule has 2 N–H and O–H groups in total. The van der Waals surface area contributed by atoms with Crippen molar-refractivity contribution in [1.29, 1.82) is 0 Å². The van der Waals surface area contributed by atoms with Gasteiger partial charge >= 0.3 is 5.97 Å². The average molecular weight is 307 g/mol. The van der Waals surface area contributed by atoms with Crippen LogP contribution in [0, 0.1) is 17.0 Å². The van der Waals surface area contributed by atoms with Crippen molar-refractivity contribution in [3.05, 3.63) is 62.7 Å². The second-order valence-corrected chi connectivity index (χ2v) is 4.78. The Morgan fingerprint density at radius 1 is 1.24 bits per heavy atom. The molecule has 0 atom stereocenters. The fourth-order valence-corrected chi connectivity index (χ4v) is 2.07. The van der Waals surface area contributed by atoms with Crippen LogP contribution in [0.2, 0.25) is 5.02 Å². The van der Waals surface area contributed by atoms with Gasteiger partial charge < -0.3 is 10.4 Å². The van der Waals surface area contributed by atoms with Gasteiger partial charge in [-0.15, -0.1) is 0 Å². The van der Waals surface area contributed by atoms with E-state index in [4.69, 9.17) is 11.6 Å². The molecule has 0 bridgehead atoms. The lowest BCUT2D eigenvalue weighted by molar-refractivity contribution is -0.383. The van der Waals surface area contributed by atoms with Crippen LogP contribution in [0.15, 0.2) is 36.4 Å². The van der Waals surface area contributed by atoms with Crippen molar-refractivity contribution in [3.63, 3.8) is 0 Å². The molecule has 108 valence electrons. The summed E-state index contributed by atoms with van der Waals surface area (Å²) in [4.78, 5) is 21.7. The van der Waals surface area contributed by atoms with E-state index in [0.29, 0.717) is 5.69 Å². The minimum atomic E-state index is -1.33. The van der Waals surface area contributed by atoms with Crippen molar-refractivity contribution >= 4 is 34.6 Å². The Labute approximate surface area is 125 Å². The van der Waals surface area contributed by atoms with Crippen LogP contribution >= 0.6 is 11.6 Å². The lowest BCUT2D eigenvalue weighted by Gasteiger charge is -2.11. The van der Waals surface area contributed by atoms with E-state index in [1.54, 1.807) is 24.3 Å². The molecule has 0 aliphatic heterocycles. The molecule has 21 heavy (non-hydrogen) atoms. The summed E-state index contributed by atoms with van der Waals surface area (Å²) in [5.41, 5.74) is 0.737. The number of benzene rings is 2. The van der Waals surface area contributed by atoms with E-state index >= 15 is 0 Å². The molecular weight excluding hydrogens is 296 g/mol. The molecule has 2 aromatic carbocycles. The van der Waals surface area contributed by atoms with E-state index < -0.39 is 10.9 Å². The molecule has 0 spiro atoms. The molecule has 2 rings (SSSR count). The molecule has 0 heterocycles. The van der Waals surface area contributed by atoms with E-state index in [2.05, 4.69) is 5.32 Å². The summed E-state index contributed by atoms with van der Waals surface area (Å²) in [6.45, 7) is 1.90. The quantitative estimate of drug-likeness (QED) is 0.658. The predicted molar refractivity (Wildman–Crippen MR) is 79.5 cm³/mol. The molecule has 0 fully saturated rings. The maximum Gasteiger partial charge on any atom is 0.339 e. The number of carbonyl (C=O) groups is 1. The minimum absolute atomic E-state index is 0.0669. The third kappa shape index (κ3) is 3.11. The van der Waals surface area contributed by atoms with Gasteiger partial charge in [-0.1, -0.05) is 29.3 Å². The maximum absolute atomic E-state index is 11.3. The van der Waals surface area contributed by atoms with Crippen molar-refractivity contribution < 1.29 is 14.8 Å². The van der Waals surface area contributed by atoms with E-state index in [0.717, 1.165) is 5.56 Å². The van der Waals surface area contributed by atoms with Crippen LogP contribution in [-0.4, -0.2) is 16.0 Å². The Bertz CT molecular complexity index is 714. The van der Waals surface area contributed by atoms with Crippen molar-refractivity contribution in [2.24, 2.45) is 0 Å². The molecule has 0 aliphatic carbocycles. The zero-order valence-electron chi connectivity index (χ0n) is 11.0. The van der Waals surface area contributed by atoms with Crippen molar-refractivity contribution in [3.8, 4) is 0 Å². The number of carboxylic acid groups (broad SMARTS) is 1. The van der Waals surface area contributed by atoms with Crippen LogP contribution in [0.25, 0.3) is 0 Å². The normalized spacial score (nSPS) is 10.2. The van der Waals surface area contributed by atoms with Crippen LogP contribution in [0.4, 0.5) is 17.1 Å². The molecule has 0 aliphatic rings. The van der Waals surface area contributed by atoms with E-state index in [-0.39, 0.29) is 22.0 Å². The number of nitro benzene ring substituents is 1. The lowest BCUT2D eigenvalue weighted by atomic mass is 10.1. The molecule has 0 unspecified atom stereocenters. The Morgan fingerprint density at radius 2 is 1.86 bits per heavy atom. The Balaban J connectivity index is 2.58. The number of aryl methyl sites for hydroxylation is 1. The first kappa shape index (κ1) is 14.8. The zero-order valence-corrected chi connectivity index (χ0v) is 11.7. The highest BCUT2D eigenvalue weighted by Crippen LogP contribution is 2.35. The summed E-state index contributed by atoms with van der Waals surface area (Å²) in [6, 6.07) is 9.38. The fourth-order valence-electron chi connectivity index (χ4n) is 1.84. The van der Waals surface area contributed by atoms with Gasteiger partial charge in [0.2, 0.25) is 0 Å². The molecule has 0 aromatic heterocycles. The fraction of sp³-hybridized carbons (Fsp3) is 0.0714. The van der Waals surface area contributed by atoms with Gasteiger partial charge in [0.25, 0.3) is 5.69 Å². The molecule has 0 radical (unpaired) electrons. The number of nitrogens with one attached hydrogen (secondary N) is 1. The standard InChI is InChI=1S/C14H11ClN2O4/c1-8-2-4-9(5-3-8)16-13-11(17(20)21)7-6-10(15)12(13)14(18)19/h2-7,16H,1H3,(H,18,19). The average Bonchev–Trinajstić information content (AvgIpc) is 2.40. The van der Waals surface area contributed by atoms with E-state index in [1.807, 2.05) is 6.92 Å². The third-order valence-electron chi connectivity index (χ3n) is 2.86. The Morgan fingerprint density at radius 3 is 2.38 bits per heavy atom. The van der Waals surface area contributed by atoms with Crippen molar-refractivity contribution in [2.45, 2.75) is 6.92 Å². The van der Waals surface area contributed by atoms with Gasteiger partial charge in [0.05, 0.1) is 9.95 Å². The number of anilines is 2. The number of carboxylic acids is 1. The van der Waals surface area contributed by atoms with Gasteiger partial charge in [0.1, 0.15) is 11.3 Å². The third-order valence-corrected chi connectivity index (χ3v) is 3.18. The maximum atomic E-state index is 11.3. The molecule has 0 saturated heterocycles. The van der Waals surface area contributed by atoms with Gasteiger partial charge in [0.15, 0.2) is 0 Å². The second-order valence-electron chi connectivity index (χ2n) is 4.37. The van der Waals surface area contributed by atoms with Gasteiger partial charge in [0, 0.05) is 11.8 Å². The summed E-state index contributed by atoms with van der Waals surface area (Å²) < 4.78 is 0. The van der Waals surface area contributed by atoms with Crippen LogP contribution in [0.5, 0.6) is 0 Å². The van der Waals surface area contributed by atoms with Crippen LogP contribution in [-0.2, 0) is 0 Å². The first-order valence-electron chi connectivity index (χ1n) is 5.94. The number of rotatable bonds is 4. The number of aromatic carboxylic acids is 1. The Hall–Kier alpha value is -2.60. The van der Waals surface area contributed by atoms with Crippen LogP contribution in [0.3, 0.4) is 0 Å². The smallest absolute Gasteiger partial charge is 0.339 e. The highest BCUT2D eigenvalue weighted by molar-refractivity contribution is 6.34. The van der Waals surface area contributed by atoms with Crippen molar-refractivity contribution in [2.75, 3.05) is 5.32 Å². The van der Waals surface area contributed by atoms with Crippen LogP contribution in [0.1, 0.15) is 15.9 Å². The first-order valence-corrected chi connectivity index (χ1v) is 6.32. The molecule has 2 aromatic rings. The Kier molecular flexibility index (Phi) is 4.09. The summed E-state index contributed by atoms with van der Waals surface area (Å²) in [5, 5.41) is 23.0. The summed E-state index contributed by atoms with van der Waals surface area (Å²) in [6.07, 6.45) is 0. The SMILES string of the molecule is Cc1ccc(Nc2c([N+](=O)[O-])ccc(Cl)c2C(=O)O)cc1. The monoisotopic (exact) mass is 306 g/mol. The number of hydrogen-bond acceptors (Lipinski definition) is 4. The highest BCUT2D eigenvalue weighted by atomic mass is 35.5. The van der Waals surface area contributed by atoms with Crippen molar-refractivity contribution in [1.82, 2.24) is 0 Å². The van der Waals surface area contributed by atoms with Gasteiger partial charge in [-0.3, -0.25) is 10.1 Å². The highest BCUT2D eigenvalue weighted by Gasteiger charge is 2.24. The molecule has 0 saturated carbocycles. The number of halogens is 1. The molecule has 0 amide bonds. The van der Waals surface area contributed by atoms with Gasteiger partial charge in [-0.25, -0.2) is 4.79 Å². The first-order chi connectivity index (χ1) is 9.90.